The van der Waals surface area contributed by atoms with E-state index in [0.29, 0.717) is 28.8 Å². The number of anilines is 1. The molecule has 1 atom stereocenters. The molecular formula is C20H22ClFN2O2. The summed E-state index contributed by atoms with van der Waals surface area (Å²) in [6.45, 7) is 4.24. The summed E-state index contributed by atoms with van der Waals surface area (Å²) in [4.78, 5) is 14.4. The smallest absolute Gasteiger partial charge is 0.411 e. The number of benzene rings is 2. The zero-order valence-electron chi connectivity index (χ0n) is 14.9. The van der Waals surface area contributed by atoms with Gasteiger partial charge in [0.1, 0.15) is 5.82 Å². The molecule has 6 heteroatoms. The summed E-state index contributed by atoms with van der Waals surface area (Å²) in [5, 5.41) is 3.28. The first-order valence-electron chi connectivity index (χ1n) is 8.60. The van der Waals surface area contributed by atoms with Crippen LogP contribution in [0.15, 0.2) is 36.4 Å². The zero-order chi connectivity index (χ0) is 18.7. The number of nitrogens with one attached hydrogen (secondary N) is 1. The van der Waals surface area contributed by atoms with E-state index in [-0.39, 0.29) is 5.82 Å². The summed E-state index contributed by atoms with van der Waals surface area (Å²) in [7, 11) is 2.05. The average Bonchev–Trinajstić information content (AvgIpc) is 2.99. The van der Waals surface area contributed by atoms with Gasteiger partial charge >= 0.3 is 6.09 Å². The molecule has 1 saturated heterocycles. The van der Waals surface area contributed by atoms with Crippen molar-refractivity contribution in [3.05, 3.63) is 52.8 Å². The van der Waals surface area contributed by atoms with Gasteiger partial charge in [-0.05, 0) is 68.4 Å². The SMILES string of the molecule is Cc1cc(Cl)cc(-c2cc(F)ccc2NC(=O)OC[C@@H]2CCN(C)C2)c1. The van der Waals surface area contributed by atoms with E-state index in [4.69, 9.17) is 16.3 Å². The Morgan fingerprint density at radius 3 is 2.85 bits per heavy atom. The summed E-state index contributed by atoms with van der Waals surface area (Å²) in [6.07, 6.45) is 0.485. The van der Waals surface area contributed by atoms with Crippen molar-refractivity contribution in [1.82, 2.24) is 4.90 Å². The molecule has 1 aliphatic rings. The van der Waals surface area contributed by atoms with Crippen LogP contribution >= 0.6 is 11.6 Å². The van der Waals surface area contributed by atoms with Crippen molar-refractivity contribution in [1.29, 1.82) is 0 Å². The summed E-state index contributed by atoms with van der Waals surface area (Å²) in [6, 6.07) is 9.69. The van der Waals surface area contributed by atoms with Crippen LogP contribution in [0.25, 0.3) is 11.1 Å². The highest BCUT2D eigenvalue weighted by Crippen LogP contribution is 2.31. The van der Waals surface area contributed by atoms with Crippen LogP contribution in [0.5, 0.6) is 0 Å². The highest BCUT2D eigenvalue weighted by atomic mass is 35.5. The molecule has 0 radical (unpaired) electrons. The van der Waals surface area contributed by atoms with Gasteiger partial charge in [-0.3, -0.25) is 5.32 Å². The maximum atomic E-state index is 13.8. The molecule has 0 aliphatic carbocycles. The Labute approximate surface area is 157 Å². The van der Waals surface area contributed by atoms with Crippen LogP contribution in [0.2, 0.25) is 5.02 Å². The highest BCUT2D eigenvalue weighted by Gasteiger charge is 2.21. The summed E-state index contributed by atoms with van der Waals surface area (Å²) in [5.74, 6) is -0.0282. The van der Waals surface area contributed by atoms with Crippen molar-refractivity contribution in [2.24, 2.45) is 5.92 Å². The zero-order valence-corrected chi connectivity index (χ0v) is 15.6. The number of aryl methyl sites for hydroxylation is 1. The van der Waals surface area contributed by atoms with E-state index >= 15 is 0 Å². The van der Waals surface area contributed by atoms with Gasteiger partial charge in [-0.2, -0.15) is 0 Å². The van der Waals surface area contributed by atoms with Crippen molar-refractivity contribution < 1.29 is 13.9 Å². The molecule has 0 aromatic heterocycles. The lowest BCUT2D eigenvalue weighted by atomic mass is 10.0. The summed E-state index contributed by atoms with van der Waals surface area (Å²) >= 11 is 6.12. The Bertz CT molecular complexity index is 792. The van der Waals surface area contributed by atoms with Crippen LogP contribution in [0.4, 0.5) is 14.9 Å². The topological polar surface area (TPSA) is 41.6 Å². The molecule has 4 nitrogen and oxygen atoms in total. The molecule has 0 saturated carbocycles. The third-order valence-corrected chi connectivity index (χ3v) is 4.73. The first-order chi connectivity index (χ1) is 12.4. The minimum atomic E-state index is -0.536. The molecule has 0 unspecified atom stereocenters. The Kier molecular flexibility index (Phi) is 5.79. The lowest BCUT2D eigenvalue weighted by molar-refractivity contribution is 0.142. The molecule has 1 N–H and O–H groups in total. The maximum absolute atomic E-state index is 13.8. The molecule has 138 valence electrons. The van der Waals surface area contributed by atoms with Crippen molar-refractivity contribution in [3.8, 4) is 11.1 Å². The Morgan fingerprint density at radius 2 is 2.15 bits per heavy atom. The predicted molar refractivity (Wildman–Crippen MR) is 102 cm³/mol. The molecule has 1 heterocycles. The average molecular weight is 377 g/mol. The third kappa shape index (κ3) is 4.74. The molecule has 0 spiro atoms. The fourth-order valence-electron chi connectivity index (χ4n) is 3.26. The van der Waals surface area contributed by atoms with Crippen molar-refractivity contribution in [3.63, 3.8) is 0 Å². The van der Waals surface area contributed by atoms with Gasteiger partial charge in [-0.1, -0.05) is 17.7 Å². The van der Waals surface area contributed by atoms with Crippen molar-refractivity contribution in [2.75, 3.05) is 32.1 Å². The fourth-order valence-corrected chi connectivity index (χ4v) is 3.55. The van der Waals surface area contributed by atoms with Crippen molar-refractivity contribution >= 4 is 23.4 Å². The predicted octanol–water partition coefficient (Wildman–Crippen LogP) is 4.95. The first kappa shape index (κ1) is 18.7. The van der Waals surface area contributed by atoms with Gasteiger partial charge in [0.05, 0.1) is 12.3 Å². The van der Waals surface area contributed by atoms with E-state index in [0.717, 1.165) is 30.6 Å². The number of hydrogen-bond donors (Lipinski definition) is 1. The van der Waals surface area contributed by atoms with Crippen LogP contribution in [-0.2, 0) is 4.74 Å². The van der Waals surface area contributed by atoms with Crippen LogP contribution in [-0.4, -0.2) is 37.7 Å². The fraction of sp³-hybridized carbons (Fsp3) is 0.350. The van der Waals surface area contributed by atoms with Gasteiger partial charge in [0.25, 0.3) is 0 Å². The van der Waals surface area contributed by atoms with Gasteiger partial charge in [-0.15, -0.1) is 0 Å². The van der Waals surface area contributed by atoms with E-state index in [1.807, 2.05) is 19.1 Å². The molecule has 2 aromatic rings. The van der Waals surface area contributed by atoms with Crippen LogP contribution in [0.1, 0.15) is 12.0 Å². The van der Waals surface area contributed by atoms with Gasteiger partial charge in [0, 0.05) is 23.0 Å². The number of halogens is 2. The lowest BCUT2D eigenvalue weighted by Gasteiger charge is -2.14. The third-order valence-electron chi connectivity index (χ3n) is 4.51. The number of ether oxygens (including phenoxy) is 1. The molecule has 2 aromatic carbocycles. The number of nitrogens with zero attached hydrogens (tertiary/aromatic N) is 1. The summed E-state index contributed by atoms with van der Waals surface area (Å²) in [5.41, 5.74) is 2.74. The second-order valence-corrected chi connectivity index (χ2v) is 7.28. The first-order valence-corrected chi connectivity index (χ1v) is 8.98. The van der Waals surface area contributed by atoms with Gasteiger partial charge in [0.15, 0.2) is 0 Å². The van der Waals surface area contributed by atoms with E-state index in [9.17, 15) is 9.18 Å². The van der Waals surface area contributed by atoms with Crippen molar-refractivity contribution in [2.45, 2.75) is 13.3 Å². The number of carbonyl (C=O) groups excluding carboxylic acids is 1. The van der Waals surface area contributed by atoms with Gasteiger partial charge in [0.2, 0.25) is 0 Å². The maximum Gasteiger partial charge on any atom is 0.411 e. The molecule has 3 rings (SSSR count). The Morgan fingerprint density at radius 1 is 1.35 bits per heavy atom. The minimum Gasteiger partial charge on any atom is -0.449 e. The molecule has 26 heavy (non-hydrogen) atoms. The normalized spacial score (nSPS) is 17.3. The van der Waals surface area contributed by atoms with Crippen LogP contribution in [0.3, 0.4) is 0 Å². The number of hydrogen-bond acceptors (Lipinski definition) is 3. The number of rotatable bonds is 4. The second kappa shape index (κ2) is 8.06. The Hall–Kier alpha value is -2.11. The van der Waals surface area contributed by atoms with Crippen LogP contribution < -0.4 is 5.32 Å². The highest BCUT2D eigenvalue weighted by molar-refractivity contribution is 6.31. The molecule has 0 bridgehead atoms. The quantitative estimate of drug-likeness (QED) is 0.820. The largest absolute Gasteiger partial charge is 0.449 e. The molecule has 1 fully saturated rings. The second-order valence-electron chi connectivity index (χ2n) is 6.85. The van der Waals surface area contributed by atoms with E-state index < -0.39 is 6.09 Å². The number of likely N-dealkylation sites (tertiary alicyclic amines) is 1. The van der Waals surface area contributed by atoms with Gasteiger partial charge < -0.3 is 9.64 Å². The number of carbonyl (C=O) groups is 1. The molecular weight excluding hydrogens is 355 g/mol. The molecule has 1 aliphatic heterocycles. The van der Waals surface area contributed by atoms with E-state index in [1.165, 1.54) is 18.2 Å². The summed E-state index contributed by atoms with van der Waals surface area (Å²) < 4.78 is 19.1. The van der Waals surface area contributed by atoms with Crippen LogP contribution in [0, 0.1) is 18.7 Å². The monoisotopic (exact) mass is 376 g/mol. The lowest BCUT2D eigenvalue weighted by Crippen LogP contribution is -2.21. The standard InChI is InChI=1S/C20H22ClFN2O2/c1-13-7-15(9-16(21)8-13)18-10-17(22)3-4-19(18)23-20(25)26-12-14-5-6-24(2)11-14/h3-4,7-10,14H,5-6,11-12H2,1-2H3,(H,23,25)/t14-/m1/s1. The Balaban J connectivity index is 1.74. The minimum absolute atomic E-state index is 0.356. The van der Waals surface area contributed by atoms with Gasteiger partial charge in [-0.25, -0.2) is 9.18 Å². The molecule has 1 amide bonds. The number of amides is 1. The van der Waals surface area contributed by atoms with E-state index in [2.05, 4.69) is 17.3 Å². The van der Waals surface area contributed by atoms with E-state index in [1.54, 1.807) is 6.07 Å².